The first kappa shape index (κ1) is 19.0. The number of carbonyl (C=O) groups is 1. The Balaban J connectivity index is 0.00000196. The summed E-state index contributed by atoms with van der Waals surface area (Å²) >= 11 is 3.13. The molecule has 0 bridgehead atoms. The first-order valence-electron chi connectivity index (χ1n) is 8.22. The minimum atomic E-state index is -0.128. The van der Waals surface area contributed by atoms with Crippen LogP contribution in [0.1, 0.15) is 29.3 Å². The molecule has 9 heteroatoms. The van der Waals surface area contributed by atoms with Crippen LogP contribution in [-0.2, 0) is 11.2 Å². The highest BCUT2D eigenvalue weighted by Crippen LogP contribution is 2.31. The molecule has 0 radical (unpaired) electrons. The molecule has 0 aromatic carbocycles. The number of halogens is 1. The lowest BCUT2D eigenvalue weighted by atomic mass is 9.97. The van der Waals surface area contributed by atoms with E-state index < -0.39 is 0 Å². The lowest BCUT2D eigenvalue weighted by Gasteiger charge is -2.20. The van der Waals surface area contributed by atoms with Crippen molar-refractivity contribution in [3.8, 4) is 10.8 Å². The molecule has 0 atom stereocenters. The summed E-state index contributed by atoms with van der Waals surface area (Å²) in [6.45, 7) is 2.09. The highest BCUT2D eigenvalue weighted by molar-refractivity contribution is 7.15. The summed E-state index contributed by atoms with van der Waals surface area (Å²) in [5, 5.41) is 8.85. The van der Waals surface area contributed by atoms with Crippen molar-refractivity contribution in [2.75, 3.05) is 18.4 Å². The second-order valence-corrected chi connectivity index (χ2v) is 7.95. The zero-order valence-corrected chi connectivity index (χ0v) is 16.4. The molecule has 4 rings (SSSR count). The number of rotatable bonds is 5. The van der Waals surface area contributed by atoms with Crippen LogP contribution in [0.2, 0.25) is 0 Å². The maximum absolute atomic E-state index is 12.2. The van der Waals surface area contributed by atoms with Crippen molar-refractivity contribution >= 4 is 46.1 Å². The minimum Gasteiger partial charge on any atom is -0.444 e. The van der Waals surface area contributed by atoms with E-state index in [4.69, 9.17) is 4.42 Å². The van der Waals surface area contributed by atoms with Gasteiger partial charge in [0.15, 0.2) is 5.13 Å². The van der Waals surface area contributed by atoms with Gasteiger partial charge >= 0.3 is 0 Å². The van der Waals surface area contributed by atoms with Gasteiger partial charge in [0, 0.05) is 11.1 Å². The molecular weight excluding hydrogens is 392 g/mol. The largest absolute Gasteiger partial charge is 0.444 e. The summed E-state index contributed by atoms with van der Waals surface area (Å²) in [6, 6.07) is 3.89. The molecule has 4 heterocycles. The third-order valence-electron chi connectivity index (χ3n) is 4.14. The zero-order chi connectivity index (χ0) is 17.1. The molecule has 3 aromatic rings. The van der Waals surface area contributed by atoms with E-state index >= 15 is 0 Å². The first-order valence-corrected chi connectivity index (χ1v) is 9.92. The van der Waals surface area contributed by atoms with Gasteiger partial charge in [-0.1, -0.05) is 6.07 Å². The Bertz CT molecular complexity index is 841. The molecule has 26 heavy (non-hydrogen) atoms. The molecule has 2 N–H and O–H groups in total. The molecule has 3 aromatic heterocycles. The fourth-order valence-corrected chi connectivity index (χ4v) is 4.53. The summed E-state index contributed by atoms with van der Waals surface area (Å²) in [5.41, 5.74) is 0.621. The normalized spacial score (nSPS) is 14.8. The fourth-order valence-electron chi connectivity index (χ4n) is 2.87. The summed E-state index contributed by atoms with van der Waals surface area (Å²) < 4.78 is 5.44. The number of thiazole rings is 1. The number of piperidine rings is 1. The number of amides is 1. The maximum atomic E-state index is 12.2. The van der Waals surface area contributed by atoms with Gasteiger partial charge in [-0.15, -0.1) is 35.1 Å². The molecular formula is C17H19ClN4O2S2. The zero-order valence-electron chi connectivity index (χ0n) is 13.9. The van der Waals surface area contributed by atoms with Crippen molar-refractivity contribution in [2.24, 2.45) is 0 Å². The number of nitrogens with zero attached hydrogens (tertiary/aromatic N) is 2. The number of thiophene rings is 1. The van der Waals surface area contributed by atoms with E-state index in [0.29, 0.717) is 22.6 Å². The van der Waals surface area contributed by atoms with Crippen LogP contribution >= 0.6 is 35.1 Å². The average molecular weight is 411 g/mol. The van der Waals surface area contributed by atoms with Crippen LogP contribution in [0.3, 0.4) is 0 Å². The second-order valence-electron chi connectivity index (χ2n) is 5.94. The molecule has 1 amide bonds. The van der Waals surface area contributed by atoms with E-state index in [1.165, 1.54) is 11.1 Å². The van der Waals surface area contributed by atoms with Crippen LogP contribution < -0.4 is 10.6 Å². The Kier molecular flexibility index (Phi) is 6.42. The third-order valence-corrected chi connectivity index (χ3v) is 6.07. The van der Waals surface area contributed by atoms with Crippen molar-refractivity contribution in [3.63, 3.8) is 0 Å². The number of nitrogens with one attached hydrogen (secondary N) is 2. The summed E-state index contributed by atoms with van der Waals surface area (Å²) in [7, 11) is 0. The van der Waals surface area contributed by atoms with Gasteiger partial charge < -0.3 is 15.1 Å². The van der Waals surface area contributed by atoms with Gasteiger partial charge in [0.1, 0.15) is 6.26 Å². The highest BCUT2D eigenvalue weighted by Gasteiger charge is 2.18. The van der Waals surface area contributed by atoms with Crippen molar-refractivity contribution < 1.29 is 9.21 Å². The van der Waals surface area contributed by atoms with E-state index in [0.717, 1.165) is 30.8 Å². The van der Waals surface area contributed by atoms with Crippen molar-refractivity contribution in [1.82, 2.24) is 15.3 Å². The number of hydrogen-bond acceptors (Lipinski definition) is 7. The van der Waals surface area contributed by atoms with E-state index in [1.54, 1.807) is 22.7 Å². The molecule has 0 aliphatic carbocycles. The Labute approximate surface area is 165 Å². The van der Waals surface area contributed by atoms with Crippen LogP contribution in [0.5, 0.6) is 0 Å². The van der Waals surface area contributed by atoms with Crippen LogP contribution in [0.4, 0.5) is 5.13 Å². The predicted octanol–water partition coefficient (Wildman–Crippen LogP) is 3.93. The van der Waals surface area contributed by atoms with Gasteiger partial charge in [-0.2, -0.15) is 0 Å². The molecule has 0 unspecified atom stereocenters. The predicted molar refractivity (Wildman–Crippen MR) is 106 cm³/mol. The Morgan fingerprint density at radius 3 is 3.00 bits per heavy atom. The van der Waals surface area contributed by atoms with E-state index in [1.807, 2.05) is 23.7 Å². The standard InChI is InChI=1S/C17H18N4O2S2.ClH/c22-15(8-12-10-23-16(20-12)13-2-1-7-24-13)21-17-19-9-14(25-17)11-3-5-18-6-4-11;/h1-2,7,9-11,18H,3-6,8H2,(H,19,21,22);1H. The number of oxazole rings is 1. The quantitative estimate of drug-likeness (QED) is 0.666. The Morgan fingerprint density at radius 1 is 1.38 bits per heavy atom. The molecule has 6 nitrogen and oxygen atoms in total. The fraction of sp³-hybridized carbons (Fsp3) is 0.353. The van der Waals surface area contributed by atoms with Crippen LogP contribution in [0.25, 0.3) is 10.8 Å². The van der Waals surface area contributed by atoms with Gasteiger partial charge in [0.05, 0.1) is 17.0 Å². The van der Waals surface area contributed by atoms with Gasteiger partial charge in [0.25, 0.3) is 0 Å². The highest BCUT2D eigenvalue weighted by atomic mass is 35.5. The molecule has 1 saturated heterocycles. The van der Waals surface area contributed by atoms with Gasteiger partial charge in [-0.3, -0.25) is 4.79 Å². The van der Waals surface area contributed by atoms with Gasteiger partial charge in [-0.25, -0.2) is 9.97 Å². The molecule has 1 aliphatic heterocycles. The summed E-state index contributed by atoms with van der Waals surface area (Å²) in [5.74, 6) is 0.978. The second kappa shape index (κ2) is 8.77. The number of carbonyl (C=O) groups excluding carboxylic acids is 1. The molecule has 1 fully saturated rings. The van der Waals surface area contributed by atoms with Crippen LogP contribution in [0, 0.1) is 0 Å². The van der Waals surface area contributed by atoms with Crippen molar-refractivity contribution in [1.29, 1.82) is 0 Å². The lowest BCUT2D eigenvalue weighted by Crippen LogP contribution is -2.26. The lowest BCUT2D eigenvalue weighted by molar-refractivity contribution is -0.115. The smallest absolute Gasteiger partial charge is 0.236 e. The topological polar surface area (TPSA) is 80.1 Å². The molecule has 138 valence electrons. The third kappa shape index (κ3) is 4.50. The van der Waals surface area contributed by atoms with Crippen LogP contribution in [0.15, 0.2) is 34.4 Å². The van der Waals surface area contributed by atoms with Crippen molar-refractivity contribution in [3.05, 3.63) is 40.5 Å². The monoisotopic (exact) mass is 410 g/mol. The molecule has 1 aliphatic rings. The van der Waals surface area contributed by atoms with Gasteiger partial charge in [0.2, 0.25) is 11.8 Å². The maximum Gasteiger partial charge on any atom is 0.236 e. The first-order chi connectivity index (χ1) is 12.3. The summed E-state index contributed by atoms with van der Waals surface area (Å²) in [4.78, 5) is 23.1. The molecule has 0 saturated carbocycles. The Hall–Kier alpha value is -1.74. The molecule has 0 spiro atoms. The average Bonchev–Trinajstić information content (AvgIpc) is 3.37. The van der Waals surface area contributed by atoms with E-state index in [-0.39, 0.29) is 24.7 Å². The van der Waals surface area contributed by atoms with E-state index in [2.05, 4.69) is 20.6 Å². The van der Waals surface area contributed by atoms with Crippen molar-refractivity contribution in [2.45, 2.75) is 25.2 Å². The number of anilines is 1. The summed E-state index contributed by atoms with van der Waals surface area (Å²) in [6.07, 6.45) is 5.86. The number of hydrogen-bond donors (Lipinski definition) is 2. The van der Waals surface area contributed by atoms with Crippen LogP contribution in [-0.4, -0.2) is 29.0 Å². The minimum absolute atomic E-state index is 0. The number of aromatic nitrogens is 2. The SMILES string of the molecule is Cl.O=C(Cc1coc(-c2cccs2)n1)Nc1ncc(C2CCNCC2)s1. The Morgan fingerprint density at radius 2 is 2.23 bits per heavy atom. The van der Waals surface area contributed by atoms with E-state index in [9.17, 15) is 4.79 Å². The van der Waals surface area contributed by atoms with Gasteiger partial charge in [-0.05, 0) is 43.3 Å².